The Morgan fingerprint density at radius 1 is 1.83 bits per heavy atom. The lowest BCUT2D eigenvalue weighted by molar-refractivity contribution is 0.201. The summed E-state index contributed by atoms with van der Waals surface area (Å²) in [6.45, 7) is 0. The first kappa shape index (κ1) is 6.93. The number of rotatable bonds is 1. The van der Waals surface area contributed by atoms with E-state index in [1.54, 1.807) is 22.6 Å². The van der Waals surface area contributed by atoms with Crippen LogP contribution < -0.4 is 0 Å². The summed E-state index contributed by atoms with van der Waals surface area (Å²) in [6.07, 6.45) is 0. The molecule has 0 N–H and O–H groups in total. The topological polar surface area (TPSA) is 26.3 Å². The molecule has 0 spiro atoms. The molecule has 0 fully saturated rings. The quantitative estimate of drug-likeness (QED) is 0.420. The van der Waals surface area contributed by atoms with Crippen LogP contribution >= 0.6 is 45.2 Å². The number of hydrogen-bond donors (Lipinski definition) is 0. The molecule has 0 aliphatic rings. The van der Waals surface area contributed by atoms with Gasteiger partial charge in [-0.25, -0.2) is 4.79 Å². The van der Waals surface area contributed by atoms with Gasteiger partial charge in [-0.2, -0.15) is 0 Å². The number of halogens is 2. The van der Waals surface area contributed by atoms with Crippen LogP contribution in [0.2, 0.25) is 0 Å². The van der Waals surface area contributed by atoms with E-state index in [9.17, 15) is 4.79 Å². The Bertz CT molecular complexity index is 53.5. The highest BCUT2D eigenvalue weighted by molar-refractivity contribution is 14.1. The van der Waals surface area contributed by atoms with Gasteiger partial charge in [-0.15, -0.1) is 0 Å². The van der Waals surface area contributed by atoms with Crippen LogP contribution in [-0.2, 0) is 4.74 Å². The number of alkyl halides is 1. The number of carbonyl (C=O) groups is 1. The SMILES string of the molecule is O=C(I)OCI. The predicted octanol–water partition coefficient (Wildman–Crippen LogP) is 1.95. The third-order valence-corrected chi connectivity index (χ3v) is 0.791. The average Bonchev–Trinajstić information content (AvgIpc) is 1.35. The Morgan fingerprint density at radius 3 is 2.33 bits per heavy atom. The number of hydrogen-bond acceptors (Lipinski definition) is 2. The van der Waals surface area contributed by atoms with Crippen molar-refractivity contribution >= 4 is 49.2 Å². The molecule has 0 saturated carbocycles. The van der Waals surface area contributed by atoms with Crippen LogP contribution in [0.3, 0.4) is 0 Å². The molecule has 0 aliphatic carbocycles. The van der Waals surface area contributed by atoms with Crippen LogP contribution in [0.25, 0.3) is 0 Å². The third kappa shape index (κ3) is 4.93. The van der Waals surface area contributed by atoms with Crippen LogP contribution in [-0.4, -0.2) is 8.59 Å². The van der Waals surface area contributed by atoms with Crippen molar-refractivity contribution in [2.75, 3.05) is 4.61 Å². The van der Waals surface area contributed by atoms with Crippen molar-refractivity contribution in [2.45, 2.75) is 0 Å². The molecule has 6 heavy (non-hydrogen) atoms. The van der Waals surface area contributed by atoms with Crippen molar-refractivity contribution < 1.29 is 9.53 Å². The summed E-state index contributed by atoms with van der Waals surface area (Å²) in [5.41, 5.74) is 0. The highest BCUT2D eigenvalue weighted by Crippen LogP contribution is 1.92. The van der Waals surface area contributed by atoms with Gasteiger partial charge in [0.25, 0.3) is 0 Å². The molecule has 0 bridgehead atoms. The van der Waals surface area contributed by atoms with Gasteiger partial charge in [0.1, 0.15) is 4.61 Å². The molecule has 0 aromatic heterocycles. The van der Waals surface area contributed by atoms with E-state index in [0.717, 1.165) is 0 Å². The van der Waals surface area contributed by atoms with E-state index >= 15 is 0 Å². The molecule has 36 valence electrons. The Kier molecular flexibility index (Phi) is 4.73. The molecule has 0 radical (unpaired) electrons. The normalized spacial score (nSPS) is 7.67. The van der Waals surface area contributed by atoms with E-state index in [1.165, 1.54) is 0 Å². The first-order chi connectivity index (χ1) is 2.77. The molecular weight excluding hydrogens is 310 g/mol. The predicted molar refractivity (Wildman–Crippen MR) is 39.4 cm³/mol. The van der Waals surface area contributed by atoms with Gasteiger partial charge >= 0.3 is 3.98 Å². The molecule has 0 aromatic rings. The molecule has 0 heterocycles. The molecule has 0 aromatic carbocycles. The summed E-state index contributed by atoms with van der Waals surface area (Å²) in [5, 5.41) is 0. The van der Waals surface area contributed by atoms with Crippen LogP contribution in [0.5, 0.6) is 0 Å². The molecule has 2 nitrogen and oxygen atoms in total. The van der Waals surface area contributed by atoms with Crippen LogP contribution in [0.1, 0.15) is 0 Å². The van der Waals surface area contributed by atoms with Crippen molar-refractivity contribution in [3.8, 4) is 0 Å². The summed E-state index contributed by atoms with van der Waals surface area (Å²) >= 11 is 3.53. The van der Waals surface area contributed by atoms with E-state index in [1.807, 2.05) is 22.6 Å². The lowest BCUT2D eigenvalue weighted by atomic mass is 11.5. The second-order valence-electron chi connectivity index (χ2n) is 0.491. The molecule has 0 unspecified atom stereocenters. The molecular formula is C2H2I2O2. The van der Waals surface area contributed by atoms with Crippen molar-refractivity contribution in [1.82, 2.24) is 0 Å². The molecule has 4 heteroatoms. The van der Waals surface area contributed by atoms with Crippen LogP contribution in [0.4, 0.5) is 4.79 Å². The lowest BCUT2D eigenvalue weighted by Crippen LogP contribution is -1.85. The number of carbonyl (C=O) groups excluding carboxylic acids is 1. The smallest absolute Gasteiger partial charge is 0.367 e. The minimum atomic E-state index is -0.248. The monoisotopic (exact) mass is 312 g/mol. The molecule has 0 saturated heterocycles. The second kappa shape index (κ2) is 4.10. The van der Waals surface area contributed by atoms with Gasteiger partial charge in [0.05, 0.1) is 22.6 Å². The summed E-state index contributed by atoms with van der Waals surface area (Å²) in [6, 6.07) is 0. The van der Waals surface area contributed by atoms with Crippen molar-refractivity contribution in [1.29, 1.82) is 0 Å². The highest BCUT2D eigenvalue weighted by Gasteiger charge is 1.85. The van der Waals surface area contributed by atoms with Crippen molar-refractivity contribution in [3.63, 3.8) is 0 Å². The Hall–Kier alpha value is 0.930. The summed E-state index contributed by atoms with van der Waals surface area (Å²) in [7, 11) is 0. The van der Waals surface area contributed by atoms with E-state index < -0.39 is 0 Å². The maximum absolute atomic E-state index is 9.80. The second-order valence-corrected chi connectivity index (χ2v) is 1.99. The van der Waals surface area contributed by atoms with Gasteiger partial charge < -0.3 is 4.74 Å². The Balaban J connectivity index is 2.83. The standard InChI is InChI=1S/C2H2I2O2/c3-1-6-2(4)5/h1H2. The zero-order valence-electron chi connectivity index (χ0n) is 2.78. The fourth-order valence-corrected chi connectivity index (χ4v) is 1.08. The number of ether oxygens (including phenoxy) is 1. The van der Waals surface area contributed by atoms with E-state index in [2.05, 4.69) is 4.74 Å². The summed E-state index contributed by atoms with van der Waals surface area (Å²) in [4.78, 5) is 9.80. The van der Waals surface area contributed by atoms with Gasteiger partial charge in [-0.3, -0.25) is 0 Å². The lowest BCUT2D eigenvalue weighted by Gasteiger charge is -1.86. The Labute approximate surface area is 62.9 Å². The van der Waals surface area contributed by atoms with Crippen LogP contribution in [0, 0.1) is 0 Å². The molecule has 0 aliphatic heterocycles. The van der Waals surface area contributed by atoms with Gasteiger partial charge in [0.15, 0.2) is 0 Å². The summed E-state index contributed by atoms with van der Waals surface area (Å²) in [5.74, 6) is 0. The van der Waals surface area contributed by atoms with Gasteiger partial charge in [-0.1, -0.05) is 0 Å². The fourth-order valence-electron chi connectivity index (χ4n) is 0.0429. The van der Waals surface area contributed by atoms with Crippen molar-refractivity contribution in [2.24, 2.45) is 0 Å². The van der Waals surface area contributed by atoms with E-state index in [4.69, 9.17) is 0 Å². The van der Waals surface area contributed by atoms with Crippen molar-refractivity contribution in [3.05, 3.63) is 0 Å². The Morgan fingerprint density at radius 2 is 2.33 bits per heavy atom. The summed E-state index contributed by atoms with van der Waals surface area (Å²) < 4.78 is 4.57. The van der Waals surface area contributed by atoms with Gasteiger partial charge in [0, 0.05) is 0 Å². The van der Waals surface area contributed by atoms with E-state index in [0.29, 0.717) is 4.61 Å². The highest BCUT2D eigenvalue weighted by atomic mass is 127. The third-order valence-electron chi connectivity index (χ3n) is 0.168. The van der Waals surface area contributed by atoms with E-state index in [-0.39, 0.29) is 3.98 Å². The molecule has 0 amide bonds. The zero-order chi connectivity index (χ0) is 4.99. The maximum atomic E-state index is 9.80. The van der Waals surface area contributed by atoms with Crippen LogP contribution in [0.15, 0.2) is 0 Å². The largest absolute Gasteiger partial charge is 0.447 e. The first-order valence-electron chi connectivity index (χ1n) is 1.15. The maximum Gasteiger partial charge on any atom is 0.367 e. The molecule has 0 atom stereocenters. The zero-order valence-corrected chi connectivity index (χ0v) is 7.09. The molecule has 0 rings (SSSR count). The van der Waals surface area contributed by atoms with Gasteiger partial charge in [-0.05, 0) is 22.6 Å². The fraction of sp³-hybridized carbons (Fsp3) is 0.500. The average molecular weight is 312 g/mol. The first-order valence-corrected chi connectivity index (χ1v) is 3.76. The van der Waals surface area contributed by atoms with Gasteiger partial charge in [0.2, 0.25) is 0 Å². The minimum Gasteiger partial charge on any atom is -0.447 e. The minimum absolute atomic E-state index is 0.248.